The molecule has 108 valence electrons. The number of halogens is 1. The van der Waals surface area contributed by atoms with Crippen LogP contribution in [-0.2, 0) is 6.54 Å². The first-order valence-electron chi connectivity index (χ1n) is 6.95. The highest BCUT2D eigenvalue weighted by atomic mass is 35.5. The number of anilines is 1. The Hall–Kier alpha value is -1.54. The van der Waals surface area contributed by atoms with Crippen LogP contribution in [-0.4, -0.2) is 31.1 Å². The third-order valence-electron chi connectivity index (χ3n) is 3.80. The SMILES string of the molecule is N#Cc1c(Cl)cccc1N1CCN(Cc2ccsc2)CC1. The Balaban J connectivity index is 1.66. The fourth-order valence-corrected chi connectivity index (χ4v) is 3.55. The Morgan fingerprint density at radius 2 is 2.00 bits per heavy atom. The van der Waals surface area contributed by atoms with Crippen LogP contribution in [0.2, 0.25) is 5.02 Å². The van der Waals surface area contributed by atoms with Crippen molar-refractivity contribution in [2.75, 3.05) is 31.1 Å². The molecule has 5 heteroatoms. The summed E-state index contributed by atoms with van der Waals surface area (Å²) in [4.78, 5) is 4.71. The lowest BCUT2D eigenvalue weighted by Crippen LogP contribution is -2.46. The molecular formula is C16H16ClN3S. The summed E-state index contributed by atoms with van der Waals surface area (Å²) < 4.78 is 0. The van der Waals surface area contributed by atoms with Crippen LogP contribution >= 0.6 is 22.9 Å². The Labute approximate surface area is 134 Å². The van der Waals surface area contributed by atoms with Crippen molar-refractivity contribution in [3.8, 4) is 6.07 Å². The maximum atomic E-state index is 9.28. The van der Waals surface area contributed by atoms with Crippen LogP contribution < -0.4 is 4.90 Å². The molecule has 2 heterocycles. The van der Waals surface area contributed by atoms with Gasteiger partial charge in [0.1, 0.15) is 6.07 Å². The smallest absolute Gasteiger partial charge is 0.103 e. The molecule has 0 unspecified atom stereocenters. The highest BCUT2D eigenvalue weighted by Gasteiger charge is 2.20. The summed E-state index contributed by atoms with van der Waals surface area (Å²) in [5.74, 6) is 0. The second-order valence-electron chi connectivity index (χ2n) is 5.14. The quantitative estimate of drug-likeness (QED) is 0.866. The molecule has 0 spiro atoms. The van der Waals surface area contributed by atoms with Gasteiger partial charge in [-0.1, -0.05) is 17.7 Å². The molecule has 0 radical (unpaired) electrons. The van der Waals surface area contributed by atoms with Gasteiger partial charge in [-0.3, -0.25) is 4.90 Å². The van der Waals surface area contributed by atoms with Crippen LogP contribution in [0.4, 0.5) is 5.69 Å². The van der Waals surface area contributed by atoms with Crippen LogP contribution in [0.3, 0.4) is 0 Å². The summed E-state index contributed by atoms with van der Waals surface area (Å²) in [5, 5.41) is 14.1. The van der Waals surface area contributed by atoms with E-state index in [-0.39, 0.29) is 0 Å². The molecule has 0 saturated carbocycles. The molecular weight excluding hydrogens is 302 g/mol. The first kappa shape index (κ1) is 14.4. The average Bonchev–Trinajstić information content (AvgIpc) is 3.01. The maximum Gasteiger partial charge on any atom is 0.103 e. The Morgan fingerprint density at radius 1 is 1.19 bits per heavy atom. The summed E-state index contributed by atoms with van der Waals surface area (Å²) in [6, 6.07) is 10.1. The van der Waals surface area contributed by atoms with E-state index in [2.05, 4.69) is 32.7 Å². The second kappa shape index (κ2) is 6.48. The molecule has 1 fully saturated rings. The van der Waals surface area contributed by atoms with Gasteiger partial charge in [0.05, 0.1) is 16.3 Å². The second-order valence-corrected chi connectivity index (χ2v) is 6.33. The lowest BCUT2D eigenvalue weighted by molar-refractivity contribution is 0.250. The van der Waals surface area contributed by atoms with Crippen molar-refractivity contribution in [2.45, 2.75) is 6.54 Å². The van der Waals surface area contributed by atoms with E-state index >= 15 is 0 Å². The minimum atomic E-state index is 0.538. The van der Waals surface area contributed by atoms with Crippen LogP contribution in [0, 0.1) is 11.3 Å². The Kier molecular flexibility index (Phi) is 4.45. The molecule has 21 heavy (non-hydrogen) atoms. The zero-order valence-electron chi connectivity index (χ0n) is 11.6. The predicted octanol–water partition coefficient (Wildman–Crippen LogP) is 3.60. The number of nitrogens with zero attached hydrogens (tertiary/aromatic N) is 3. The van der Waals surface area contributed by atoms with E-state index in [9.17, 15) is 5.26 Å². The van der Waals surface area contributed by atoms with E-state index in [1.807, 2.05) is 12.1 Å². The molecule has 1 aromatic heterocycles. The maximum absolute atomic E-state index is 9.28. The molecule has 1 aliphatic heterocycles. The molecule has 1 aliphatic rings. The number of rotatable bonds is 3. The van der Waals surface area contributed by atoms with Gasteiger partial charge in [0, 0.05) is 32.7 Å². The van der Waals surface area contributed by atoms with Crippen molar-refractivity contribution in [3.05, 3.63) is 51.2 Å². The third-order valence-corrected chi connectivity index (χ3v) is 4.85. The van der Waals surface area contributed by atoms with Gasteiger partial charge in [-0.2, -0.15) is 16.6 Å². The van der Waals surface area contributed by atoms with Crippen LogP contribution in [0.5, 0.6) is 0 Å². The van der Waals surface area contributed by atoms with Crippen molar-refractivity contribution < 1.29 is 0 Å². The van der Waals surface area contributed by atoms with Crippen molar-refractivity contribution in [3.63, 3.8) is 0 Å². The third kappa shape index (κ3) is 3.21. The van der Waals surface area contributed by atoms with Gasteiger partial charge in [-0.25, -0.2) is 0 Å². The normalized spacial score (nSPS) is 15.9. The topological polar surface area (TPSA) is 30.3 Å². The van der Waals surface area contributed by atoms with E-state index in [1.165, 1.54) is 5.56 Å². The Morgan fingerprint density at radius 3 is 2.67 bits per heavy atom. The summed E-state index contributed by atoms with van der Waals surface area (Å²) in [6.45, 7) is 4.89. The highest BCUT2D eigenvalue weighted by molar-refractivity contribution is 7.07. The standard InChI is InChI=1S/C16H16ClN3S/c17-15-2-1-3-16(14(15)10-18)20-7-5-19(6-8-20)11-13-4-9-21-12-13/h1-4,9,12H,5-8,11H2. The summed E-state index contributed by atoms with van der Waals surface area (Å²) in [7, 11) is 0. The minimum Gasteiger partial charge on any atom is -0.368 e. The molecule has 0 N–H and O–H groups in total. The van der Waals surface area contributed by atoms with Gasteiger partial charge < -0.3 is 4.90 Å². The molecule has 0 amide bonds. The average molecular weight is 318 g/mol. The van der Waals surface area contributed by atoms with Crippen LogP contribution in [0.25, 0.3) is 0 Å². The van der Waals surface area contributed by atoms with E-state index in [0.717, 1.165) is 38.4 Å². The summed E-state index contributed by atoms with van der Waals surface area (Å²) in [5.41, 5.74) is 2.93. The van der Waals surface area contributed by atoms with E-state index < -0.39 is 0 Å². The van der Waals surface area contributed by atoms with Gasteiger partial charge in [-0.05, 0) is 34.5 Å². The number of piperazine rings is 1. The molecule has 2 aromatic rings. The molecule has 0 aliphatic carbocycles. The first-order valence-corrected chi connectivity index (χ1v) is 8.27. The molecule has 3 nitrogen and oxygen atoms in total. The minimum absolute atomic E-state index is 0.538. The van der Waals surface area contributed by atoms with Crippen LogP contribution in [0.1, 0.15) is 11.1 Å². The number of hydrogen-bond acceptors (Lipinski definition) is 4. The summed E-state index contributed by atoms with van der Waals surface area (Å²) in [6.07, 6.45) is 0. The molecule has 1 aromatic carbocycles. The molecule has 3 rings (SSSR count). The fourth-order valence-electron chi connectivity index (χ4n) is 2.67. The first-order chi connectivity index (χ1) is 10.3. The van der Waals surface area contributed by atoms with E-state index in [0.29, 0.717) is 10.6 Å². The van der Waals surface area contributed by atoms with Gasteiger partial charge in [-0.15, -0.1) is 0 Å². The number of nitriles is 1. The largest absolute Gasteiger partial charge is 0.368 e. The van der Waals surface area contributed by atoms with E-state index in [4.69, 9.17) is 11.6 Å². The van der Waals surface area contributed by atoms with Gasteiger partial charge in [0.15, 0.2) is 0 Å². The molecule has 1 saturated heterocycles. The van der Waals surface area contributed by atoms with Gasteiger partial charge in [0.25, 0.3) is 0 Å². The van der Waals surface area contributed by atoms with Gasteiger partial charge in [0.2, 0.25) is 0 Å². The molecule has 0 bridgehead atoms. The van der Waals surface area contributed by atoms with Gasteiger partial charge >= 0.3 is 0 Å². The van der Waals surface area contributed by atoms with Crippen molar-refractivity contribution in [2.24, 2.45) is 0 Å². The monoisotopic (exact) mass is 317 g/mol. The lowest BCUT2D eigenvalue weighted by atomic mass is 10.1. The number of thiophene rings is 1. The highest BCUT2D eigenvalue weighted by Crippen LogP contribution is 2.27. The summed E-state index contributed by atoms with van der Waals surface area (Å²) >= 11 is 7.86. The van der Waals surface area contributed by atoms with Crippen molar-refractivity contribution in [1.82, 2.24) is 4.90 Å². The zero-order valence-corrected chi connectivity index (χ0v) is 13.2. The lowest BCUT2D eigenvalue weighted by Gasteiger charge is -2.36. The molecule has 0 atom stereocenters. The Bertz CT molecular complexity index is 640. The van der Waals surface area contributed by atoms with Crippen molar-refractivity contribution >= 4 is 28.6 Å². The van der Waals surface area contributed by atoms with Crippen molar-refractivity contribution in [1.29, 1.82) is 5.26 Å². The van der Waals surface area contributed by atoms with E-state index in [1.54, 1.807) is 17.4 Å². The zero-order chi connectivity index (χ0) is 14.7. The fraction of sp³-hybridized carbons (Fsp3) is 0.312. The van der Waals surface area contributed by atoms with Crippen LogP contribution in [0.15, 0.2) is 35.0 Å². The number of benzene rings is 1. The number of hydrogen-bond donors (Lipinski definition) is 0. The predicted molar refractivity (Wildman–Crippen MR) is 88.0 cm³/mol.